The van der Waals surface area contributed by atoms with Crippen LogP contribution in [0.15, 0.2) is 6.07 Å². The molecule has 1 heterocycles. The molecule has 0 atom stereocenters. The Balaban J connectivity index is 2.06. The second-order valence-electron chi connectivity index (χ2n) is 4.90. The number of nitrogen functional groups attached to an aromatic ring is 1. The minimum absolute atomic E-state index is 0.0903. The summed E-state index contributed by atoms with van der Waals surface area (Å²) in [5.41, 5.74) is 6.96. The van der Waals surface area contributed by atoms with E-state index in [0.717, 1.165) is 11.6 Å². The van der Waals surface area contributed by atoms with Crippen molar-refractivity contribution < 1.29 is 5.11 Å². The number of rotatable bonds is 3. The van der Waals surface area contributed by atoms with Crippen LogP contribution >= 0.6 is 0 Å². The highest BCUT2D eigenvalue weighted by atomic mass is 16.3. The molecule has 0 radical (unpaired) electrons. The molecule has 4 nitrogen and oxygen atoms in total. The van der Waals surface area contributed by atoms with Crippen LogP contribution in [-0.4, -0.2) is 21.5 Å². The van der Waals surface area contributed by atoms with E-state index in [1.807, 2.05) is 6.07 Å². The van der Waals surface area contributed by atoms with Crippen LogP contribution in [0.3, 0.4) is 0 Å². The van der Waals surface area contributed by atoms with Crippen LogP contribution in [0.5, 0.6) is 0 Å². The van der Waals surface area contributed by atoms with Crippen LogP contribution in [0.2, 0.25) is 0 Å². The van der Waals surface area contributed by atoms with Gasteiger partial charge < -0.3 is 10.8 Å². The van der Waals surface area contributed by atoms with Gasteiger partial charge in [-0.15, -0.1) is 0 Å². The van der Waals surface area contributed by atoms with E-state index >= 15 is 0 Å². The van der Waals surface area contributed by atoms with Gasteiger partial charge in [0.05, 0.1) is 18.8 Å². The third-order valence-electron chi connectivity index (χ3n) is 3.58. The summed E-state index contributed by atoms with van der Waals surface area (Å²) < 4.78 is 1.70. The molecule has 16 heavy (non-hydrogen) atoms. The van der Waals surface area contributed by atoms with Crippen molar-refractivity contribution in [1.82, 2.24) is 9.78 Å². The van der Waals surface area contributed by atoms with Crippen molar-refractivity contribution in [3.8, 4) is 0 Å². The third kappa shape index (κ3) is 2.38. The summed E-state index contributed by atoms with van der Waals surface area (Å²) in [5.74, 6) is 2.09. The highest BCUT2D eigenvalue weighted by Gasteiger charge is 2.22. The number of aromatic nitrogens is 2. The second-order valence-corrected chi connectivity index (χ2v) is 4.90. The van der Waals surface area contributed by atoms with Crippen LogP contribution in [0.1, 0.15) is 44.2 Å². The monoisotopic (exact) mass is 223 g/mol. The highest BCUT2D eigenvalue weighted by molar-refractivity contribution is 5.32. The van der Waals surface area contributed by atoms with Crippen LogP contribution in [0, 0.1) is 5.92 Å². The molecule has 0 spiro atoms. The maximum Gasteiger partial charge on any atom is 0.122 e. The lowest BCUT2D eigenvalue weighted by Crippen LogP contribution is -2.12. The fourth-order valence-electron chi connectivity index (χ4n) is 2.48. The number of aliphatic hydroxyl groups is 1. The van der Waals surface area contributed by atoms with Gasteiger partial charge in [0.1, 0.15) is 5.82 Å². The van der Waals surface area contributed by atoms with Crippen LogP contribution < -0.4 is 5.73 Å². The largest absolute Gasteiger partial charge is 0.394 e. The zero-order chi connectivity index (χ0) is 11.5. The van der Waals surface area contributed by atoms with E-state index in [4.69, 9.17) is 10.8 Å². The Morgan fingerprint density at radius 2 is 2.12 bits per heavy atom. The van der Waals surface area contributed by atoms with Crippen molar-refractivity contribution in [2.45, 2.75) is 45.1 Å². The number of hydrogen-bond donors (Lipinski definition) is 2. The number of anilines is 1. The highest BCUT2D eigenvalue weighted by Crippen LogP contribution is 2.35. The van der Waals surface area contributed by atoms with Crippen LogP contribution in [0.4, 0.5) is 5.82 Å². The number of nitrogens with zero attached hydrogens (tertiary/aromatic N) is 2. The Morgan fingerprint density at radius 3 is 2.75 bits per heavy atom. The van der Waals surface area contributed by atoms with Crippen molar-refractivity contribution in [3.63, 3.8) is 0 Å². The van der Waals surface area contributed by atoms with Gasteiger partial charge in [0.25, 0.3) is 0 Å². The Morgan fingerprint density at radius 1 is 1.44 bits per heavy atom. The van der Waals surface area contributed by atoms with E-state index in [2.05, 4.69) is 12.0 Å². The predicted molar refractivity (Wildman–Crippen MR) is 64.1 cm³/mol. The van der Waals surface area contributed by atoms with Gasteiger partial charge >= 0.3 is 0 Å². The van der Waals surface area contributed by atoms with Gasteiger partial charge in [0, 0.05) is 12.0 Å². The van der Waals surface area contributed by atoms with Gasteiger partial charge in [-0.3, -0.25) is 0 Å². The smallest absolute Gasteiger partial charge is 0.122 e. The summed E-state index contributed by atoms with van der Waals surface area (Å²) in [5, 5.41) is 13.4. The Hall–Kier alpha value is -1.03. The summed E-state index contributed by atoms with van der Waals surface area (Å²) in [6.07, 6.45) is 5.02. The SMILES string of the molecule is CC1CCC(c2cc(N)n(CCO)n2)CC1. The topological polar surface area (TPSA) is 64.1 Å². The first-order valence-electron chi connectivity index (χ1n) is 6.14. The molecule has 1 aromatic heterocycles. The Labute approximate surface area is 96.5 Å². The lowest BCUT2D eigenvalue weighted by atomic mass is 9.81. The fourth-order valence-corrected chi connectivity index (χ4v) is 2.48. The molecule has 90 valence electrons. The molecule has 2 rings (SSSR count). The molecule has 1 saturated carbocycles. The second kappa shape index (κ2) is 4.87. The molecule has 0 saturated heterocycles. The molecular formula is C12H21N3O. The maximum absolute atomic E-state index is 8.88. The predicted octanol–water partition coefficient (Wildman–Crippen LogP) is 1.75. The van der Waals surface area contributed by atoms with E-state index in [1.165, 1.54) is 25.7 Å². The minimum atomic E-state index is 0.0903. The van der Waals surface area contributed by atoms with Gasteiger partial charge in [-0.2, -0.15) is 5.10 Å². The van der Waals surface area contributed by atoms with E-state index in [9.17, 15) is 0 Å². The number of aliphatic hydroxyl groups excluding tert-OH is 1. The van der Waals surface area contributed by atoms with Crippen molar-refractivity contribution in [2.24, 2.45) is 5.92 Å². The summed E-state index contributed by atoms with van der Waals surface area (Å²) in [6, 6.07) is 1.97. The molecule has 1 aromatic rings. The van der Waals surface area contributed by atoms with Crippen molar-refractivity contribution >= 4 is 5.82 Å². The van der Waals surface area contributed by atoms with E-state index in [1.54, 1.807) is 4.68 Å². The van der Waals surface area contributed by atoms with Crippen molar-refractivity contribution in [2.75, 3.05) is 12.3 Å². The average molecular weight is 223 g/mol. The molecule has 1 aliphatic carbocycles. The number of nitrogens with two attached hydrogens (primary N) is 1. The molecule has 1 fully saturated rings. The lowest BCUT2D eigenvalue weighted by molar-refractivity contribution is 0.269. The summed E-state index contributed by atoms with van der Waals surface area (Å²) in [6.45, 7) is 2.90. The van der Waals surface area contributed by atoms with Gasteiger partial charge in [-0.05, 0) is 18.8 Å². The molecular weight excluding hydrogens is 202 g/mol. The van der Waals surface area contributed by atoms with Crippen LogP contribution in [-0.2, 0) is 6.54 Å². The lowest BCUT2D eigenvalue weighted by Gasteiger charge is -2.24. The van der Waals surface area contributed by atoms with Crippen molar-refractivity contribution in [1.29, 1.82) is 0 Å². The van der Waals surface area contributed by atoms with Gasteiger partial charge in [0.2, 0.25) is 0 Å². The fraction of sp³-hybridized carbons (Fsp3) is 0.750. The number of hydrogen-bond acceptors (Lipinski definition) is 3. The van der Waals surface area contributed by atoms with E-state index < -0.39 is 0 Å². The molecule has 0 aromatic carbocycles. The standard InChI is InChI=1S/C12H21N3O/c1-9-2-4-10(5-3-9)11-8-12(13)15(14-11)6-7-16/h8-10,16H,2-7,13H2,1H3. The first kappa shape index (κ1) is 11.5. The summed E-state index contributed by atoms with van der Waals surface area (Å²) in [7, 11) is 0. The Kier molecular flexibility index (Phi) is 3.49. The van der Waals surface area contributed by atoms with Crippen LogP contribution in [0.25, 0.3) is 0 Å². The van der Waals surface area contributed by atoms with Gasteiger partial charge in [0.15, 0.2) is 0 Å². The molecule has 0 aliphatic heterocycles. The third-order valence-corrected chi connectivity index (χ3v) is 3.58. The molecule has 3 N–H and O–H groups in total. The minimum Gasteiger partial charge on any atom is -0.394 e. The molecule has 1 aliphatic rings. The first-order chi connectivity index (χ1) is 7.70. The quantitative estimate of drug-likeness (QED) is 0.820. The summed E-state index contributed by atoms with van der Waals surface area (Å²) >= 11 is 0. The van der Waals surface area contributed by atoms with E-state index in [-0.39, 0.29) is 6.61 Å². The molecule has 4 heteroatoms. The summed E-state index contributed by atoms with van der Waals surface area (Å²) in [4.78, 5) is 0. The maximum atomic E-state index is 8.88. The zero-order valence-electron chi connectivity index (χ0n) is 9.89. The normalized spacial score (nSPS) is 25.9. The first-order valence-corrected chi connectivity index (χ1v) is 6.14. The molecule has 0 unspecified atom stereocenters. The molecule has 0 bridgehead atoms. The van der Waals surface area contributed by atoms with Gasteiger partial charge in [-0.1, -0.05) is 19.8 Å². The average Bonchev–Trinajstić information content (AvgIpc) is 2.62. The van der Waals surface area contributed by atoms with E-state index in [0.29, 0.717) is 18.3 Å². The Bertz CT molecular complexity index is 340. The molecule has 0 amide bonds. The van der Waals surface area contributed by atoms with Crippen molar-refractivity contribution in [3.05, 3.63) is 11.8 Å². The van der Waals surface area contributed by atoms with Gasteiger partial charge in [-0.25, -0.2) is 4.68 Å². The zero-order valence-corrected chi connectivity index (χ0v) is 9.89.